The summed E-state index contributed by atoms with van der Waals surface area (Å²) in [6.45, 7) is 1.95. The molecule has 0 N–H and O–H groups in total. The van der Waals surface area contributed by atoms with Crippen LogP contribution in [0.3, 0.4) is 0 Å². The second-order valence-electron chi connectivity index (χ2n) is 3.09. The van der Waals surface area contributed by atoms with E-state index in [1.165, 1.54) is 0 Å². The summed E-state index contributed by atoms with van der Waals surface area (Å²) in [4.78, 5) is 0. The smallest absolute Gasteiger partial charge is 0.140 e. The van der Waals surface area contributed by atoms with Crippen LogP contribution in [-0.4, -0.2) is 7.11 Å². The van der Waals surface area contributed by atoms with E-state index in [0.717, 1.165) is 17.5 Å². The highest BCUT2D eigenvalue weighted by Gasteiger charge is 2.06. The van der Waals surface area contributed by atoms with Crippen molar-refractivity contribution in [2.45, 2.75) is 19.8 Å². The van der Waals surface area contributed by atoms with E-state index in [9.17, 15) is 0 Å². The minimum atomic E-state index is 0.516. The van der Waals surface area contributed by atoms with E-state index in [1.807, 2.05) is 19.1 Å². The standard InChI is InChI=1S/C11H12ClNO/c1-8-6-9(4-3-5-13)7-10(12)11(8)14-2/h6-7H,3-4H2,1-2H3. The van der Waals surface area contributed by atoms with Crippen molar-refractivity contribution in [2.24, 2.45) is 0 Å². The largest absolute Gasteiger partial charge is 0.495 e. The summed E-state index contributed by atoms with van der Waals surface area (Å²) in [5.74, 6) is 0.715. The van der Waals surface area contributed by atoms with Crippen LogP contribution in [0.2, 0.25) is 5.02 Å². The topological polar surface area (TPSA) is 33.0 Å². The van der Waals surface area contributed by atoms with Crippen molar-refractivity contribution in [3.63, 3.8) is 0 Å². The average molecular weight is 210 g/mol. The first kappa shape index (κ1) is 10.9. The minimum Gasteiger partial charge on any atom is -0.495 e. The summed E-state index contributed by atoms with van der Waals surface area (Å²) in [6.07, 6.45) is 1.25. The SMILES string of the molecule is COc1c(C)cc(CCC#N)cc1Cl. The number of nitriles is 1. The average Bonchev–Trinajstić information content (AvgIpc) is 2.14. The monoisotopic (exact) mass is 209 g/mol. The van der Waals surface area contributed by atoms with E-state index in [0.29, 0.717) is 17.2 Å². The fourth-order valence-electron chi connectivity index (χ4n) is 1.41. The van der Waals surface area contributed by atoms with Gasteiger partial charge in [0, 0.05) is 6.42 Å². The van der Waals surface area contributed by atoms with Gasteiger partial charge in [-0.2, -0.15) is 5.26 Å². The number of halogens is 1. The molecule has 0 aromatic heterocycles. The molecule has 0 saturated heterocycles. The second-order valence-corrected chi connectivity index (χ2v) is 3.49. The van der Waals surface area contributed by atoms with Crippen molar-refractivity contribution in [1.29, 1.82) is 5.26 Å². The molecular weight excluding hydrogens is 198 g/mol. The Morgan fingerprint density at radius 2 is 2.21 bits per heavy atom. The number of hydrogen-bond acceptors (Lipinski definition) is 2. The van der Waals surface area contributed by atoms with Crippen LogP contribution in [0, 0.1) is 18.3 Å². The van der Waals surface area contributed by atoms with Gasteiger partial charge in [-0.05, 0) is 30.5 Å². The molecule has 0 aliphatic heterocycles. The molecule has 0 fully saturated rings. The Kier molecular flexibility index (Phi) is 3.79. The molecular formula is C11H12ClNO. The van der Waals surface area contributed by atoms with Crippen molar-refractivity contribution in [3.8, 4) is 11.8 Å². The maximum absolute atomic E-state index is 8.46. The van der Waals surface area contributed by atoms with Gasteiger partial charge in [-0.15, -0.1) is 0 Å². The fourth-order valence-corrected chi connectivity index (χ4v) is 1.77. The number of hydrogen-bond donors (Lipinski definition) is 0. The molecule has 3 heteroatoms. The molecule has 0 radical (unpaired) electrons. The van der Waals surface area contributed by atoms with E-state index in [-0.39, 0.29) is 0 Å². The molecule has 14 heavy (non-hydrogen) atoms. The first-order chi connectivity index (χ1) is 6.69. The molecule has 74 valence electrons. The quantitative estimate of drug-likeness (QED) is 0.767. The Bertz CT molecular complexity index is 345. The zero-order valence-corrected chi connectivity index (χ0v) is 9.06. The van der Waals surface area contributed by atoms with Crippen LogP contribution < -0.4 is 4.74 Å². The molecule has 1 aromatic carbocycles. The molecule has 1 aromatic rings. The van der Waals surface area contributed by atoms with Crippen LogP contribution in [0.25, 0.3) is 0 Å². The van der Waals surface area contributed by atoms with Crippen LogP contribution in [0.5, 0.6) is 5.75 Å². The van der Waals surface area contributed by atoms with E-state index < -0.39 is 0 Å². The number of benzene rings is 1. The molecule has 0 aliphatic rings. The molecule has 0 spiro atoms. The second kappa shape index (κ2) is 4.88. The lowest BCUT2D eigenvalue weighted by atomic mass is 10.1. The summed E-state index contributed by atoms with van der Waals surface area (Å²) >= 11 is 6.01. The minimum absolute atomic E-state index is 0.516. The first-order valence-corrected chi connectivity index (χ1v) is 4.76. The Balaban J connectivity index is 2.97. The lowest BCUT2D eigenvalue weighted by Gasteiger charge is -2.08. The van der Waals surface area contributed by atoms with Gasteiger partial charge in [-0.25, -0.2) is 0 Å². The third-order valence-corrected chi connectivity index (χ3v) is 2.30. The number of aryl methyl sites for hydroxylation is 2. The third-order valence-electron chi connectivity index (χ3n) is 2.02. The molecule has 0 saturated carbocycles. The molecule has 2 nitrogen and oxygen atoms in total. The van der Waals surface area contributed by atoms with Crippen molar-refractivity contribution >= 4 is 11.6 Å². The highest BCUT2D eigenvalue weighted by Crippen LogP contribution is 2.29. The van der Waals surface area contributed by atoms with Crippen LogP contribution in [0.1, 0.15) is 17.5 Å². The van der Waals surface area contributed by atoms with Gasteiger partial charge in [-0.1, -0.05) is 17.7 Å². The Labute approximate surface area is 89.1 Å². The van der Waals surface area contributed by atoms with Gasteiger partial charge in [0.15, 0.2) is 0 Å². The van der Waals surface area contributed by atoms with Gasteiger partial charge in [0.25, 0.3) is 0 Å². The van der Waals surface area contributed by atoms with Crippen molar-refractivity contribution in [2.75, 3.05) is 7.11 Å². The predicted molar refractivity (Wildman–Crippen MR) is 56.7 cm³/mol. The highest BCUT2D eigenvalue weighted by atomic mass is 35.5. The Morgan fingerprint density at radius 1 is 1.50 bits per heavy atom. The van der Waals surface area contributed by atoms with Crippen LogP contribution in [-0.2, 0) is 6.42 Å². The maximum atomic E-state index is 8.46. The van der Waals surface area contributed by atoms with Crippen molar-refractivity contribution in [3.05, 3.63) is 28.3 Å². The third kappa shape index (κ3) is 2.40. The zero-order chi connectivity index (χ0) is 10.6. The summed E-state index contributed by atoms with van der Waals surface area (Å²) < 4.78 is 5.14. The normalized spacial score (nSPS) is 9.57. The van der Waals surface area contributed by atoms with Gasteiger partial charge in [0.1, 0.15) is 5.75 Å². The van der Waals surface area contributed by atoms with Crippen LogP contribution in [0.15, 0.2) is 12.1 Å². The van der Waals surface area contributed by atoms with Gasteiger partial charge >= 0.3 is 0 Å². The summed E-state index contributed by atoms with van der Waals surface area (Å²) in [7, 11) is 1.60. The number of ether oxygens (including phenoxy) is 1. The maximum Gasteiger partial charge on any atom is 0.140 e. The van der Waals surface area contributed by atoms with E-state index >= 15 is 0 Å². The summed E-state index contributed by atoms with van der Waals surface area (Å²) in [6, 6.07) is 5.96. The first-order valence-electron chi connectivity index (χ1n) is 4.39. The van der Waals surface area contributed by atoms with Crippen LogP contribution >= 0.6 is 11.6 Å². The summed E-state index contributed by atoms with van der Waals surface area (Å²) in [5, 5.41) is 9.07. The lowest BCUT2D eigenvalue weighted by molar-refractivity contribution is 0.412. The van der Waals surface area contributed by atoms with Gasteiger partial charge in [-0.3, -0.25) is 0 Å². The number of rotatable bonds is 3. The molecule has 0 amide bonds. The number of methoxy groups -OCH3 is 1. The fraction of sp³-hybridized carbons (Fsp3) is 0.364. The van der Waals surface area contributed by atoms with Crippen molar-refractivity contribution in [1.82, 2.24) is 0 Å². The van der Waals surface area contributed by atoms with Crippen molar-refractivity contribution < 1.29 is 4.74 Å². The number of nitrogens with zero attached hydrogens (tertiary/aromatic N) is 1. The van der Waals surface area contributed by atoms with Crippen LogP contribution in [0.4, 0.5) is 0 Å². The molecule has 0 unspecified atom stereocenters. The van der Waals surface area contributed by atoms with E-state index in [4.69, 9.17) is 21.6 Å². The molecule has 0 aliphatic carbocycles. The molecule has 1 rings (SSSR count). The zero-order valence-electron chi connectivity index (χ0n) is 8.30. The highest BCUT2D eigenvalue weighted by molar-refractivity contribution is 6.32. The van der Waals surface area contributed by atoms with Gasteiger partial charge in [0.2, 0.25) is 0 Å². The lowest BCUT2D eigenvalue weighted by Crippen LogP contribution is -1.92. The Hall–Kier alpha value is -1.20. The molecule has 0 heterocycles. The van der Waals surface area contributed by atoms with E-state index in [2.05, 4.69) is 6.07 Å². The molecule has 0 bridgehead atoms. The predicted octanol–water partition coefficient (Wildman–Crippen LogP) is 3.11. The van der Waals surface area contributed by atoms with Gasteiger partial charge in [0.05, 0.1) is 18.2 Å². The summed E-state index contributed by atoms with van der Waals surface area (Å²) in [5.41, 5.74) is 2.09. The van der Waals surface area contributed by atoms with E-state index in [1.54, 1.807) is 7.11 Å². The Morgan fingerprint density at radius 3 is 2.71 bits per heavy atom. The molecule has 0 atom stereocenters. The van der Waals surface area contributed by atoms with Gasteiger partial charge < -0.3 is 4.74 Å².